The lowest BCUT2D eigenvalue weighted by molar-refractivity contribution is -0.114. The molecule has 0 saturated heterocycles. The van der Waals surface area contributed by atoms with Crippen molar-refractivity contribution in [3.63, 3.8) is 0 Å². The SMILES string of the molecule is COc1ccc(NC(C)=O)cc1NCc1cccn1C. The third-order valence-corrected chi connectivity index (χ3v) is 3.03. The molecule has 0 aliphatic heterocycles. The Morgan fingerprint density at radius 2 is 2.15 bits per heavy atom. The highest BCUT2D eigenvalue weighted by atomic mass is 16.5. The summed E-state index contributed by atoms with van der Waals surface area (Å²) < 4.78 is 7.38. The number of anilines is 2. The van der Waals surface area contributed by atoms with Crippen LogP contribution in [0.15, 0.2) is 36.5 Å². The van der Waals surface area contributed by atoms with Crippen molar-refractivity contribution in [2.45, 2.75) is 13.5 Å². The number of ether oxygens (including phenoxy) is 1. The zero-order valence-corrected chi connectivity index (χ0v) is 11.9. The fraction of sp³-hybridized carbons (Fsp3) is 0.267. The summed E-state index contributed by atoms with van der Waals surface area (Å²) in [5.41, 5.74) is 2.75. The zero-order chi connectivity index (χ0) is 14.5. The van der Waals surface area contributed by atoms with E-state index in [1.807, 2.05) is 37.5 Å². The Labute approximate surface area is 118 Å². The molecule has 20 heavy (non-hydrogen) atoms. The molecular weight excluding hydrogens is 254 g/mol. The minimum atomic E-state index is -0.0939. The molecule has 0 aliphatic rings. The predicted molar refractivity (Wildman–Crippen MR) is 80.0 cm³/mol. The largest absolute Gasteiger partial charge is 0.495 e. The van der Waals surface area contributed by atoms with Crippen LogP contribution < -0.4 is 15.4 Å². The van der Waals surface area contributed by atoms with Crippen LogP contribution in [0.2, 0.25) is 0 Å². The van der Waals surface area contributed by atoms with Gasteiger partial charge in [0.15, 0.2) is 0 Å². The van der Waals surface area contributed by atoms with Crippen molar-refractivity contribution >= 4 is 17.3 Å². The summed E-state index contributed by atoms with van der Waals surface area (Å²) in [6.45, 7) is 2.17. The summed E-state index contributed by atoms with van der Waals surface area (Å²) >= 11 is 0. The second-order valence-corrected chi connectivity index (χ2v) is 4.56. The van der Waals surface area contributed by atoms with Crippen LogP contribution in [0.5, 0.6) is 5.75 Å². The molecule has 1 aromatic carbocycles. The number of nitrogens with one attached hydrogen (secondary N) is 2. The molecule has 2 aromatic rings. The van der Waals surface area contributed by atoms with E-state index in [0.29, 0.717) is 6.54 Å². The van der Waals surface area contributed by atoms with Gasteiger partial charge in [-0.15, -0.1) is 0 Å². The number of amides is 1. The minimum absolute atomic E-state index is 0.0939. The van der Waals surface area contributed by atoms with Crippen molar-refractivity contribution in [2.24, 2.45) is 7.05 Å². The minimum Gasteiger partial charge on any atom is -0.495 e. The topological polar surface area (TPSA) is 55.3 Å². The van der Waals surface area contributed by atoms with Gasteiger partial charge in [-0.05, 0) is 30.3 Å². The standard InChI is InChI=1S/C15H19N3O2/c1-11(19)17-12-6-7-15(20-3)14(9-12)16-10-13-5-4-8-18(13)2/h4-9,16H,10H2,1-3H3,(H,17,19). The van der Waals surface area contributed by atoms with E-state index in [2.05, 4.69) is 21.3 Å². The van der Waals surface area contributed by atoms with Crippen LogP contribution in [0.25, 0.3) is 0 Å². The van der Waals surface area contributed by atoms with Crippen LogP contribution >= 0.6 is 0 Å². The molecule has 1 amide bonds. The number of benzene rings is 1. The number of rotatable bonds is 5. The molecule has 0 bridgehead atoms. The molecule has 0 unspecified atom stereocenters. The van der Waals surface area contributed by atoms with Crippen LogP contribution in [-0.4, -0.2) is 17.6 Å². The fourth-order valence-electron chi connectivity index (χ4n) is 1.99. The van der Waals surface area contributed by atoms with Crippen LogP contribution in [0.3, 0.4) is 0 Å². The van der Waals surface area contributed by atoms with E-state index in [1.165, 1.54) is 6.92 Å². The Balaban J connectivity index is 2.15. The highest BCUT2D eigenvalue weighted by Gasteiger charge is 2.06. The number of hydrogen-bond acceptors (Lipinski definition) is 3. The van der Waals surface area contributed by atoms with Crippen LogP contribution in [0.1, 0.15) is 12.6 Å². The van der Waals surface area contributed by atoms with Crippen molar-refractivity contribution < 1.29 is 9.53 Å². The first-order valence-corrected chi connectivity index (χ1v) is 6.40. The van der Waals surface area contributed by atoms with E-state index in [1.54, 1.807) is 7.11 Å². The summed E-state index contributed by atoms with van der Waals surface area (Å²) in [7, 11) is 3.63. The van der Waals surface area contributed by atoms with Gasteiger partial charge >= 0.3 is 0 Å². The Morgan fingerprint density at radius 3 is 2.75 bits per heavy atom. The molecule has 106 valence electrons. The van der Waals surface area contributed by atoms with Crippen LogP contribution in [-0.2, 0) is 18.4 Å². The van der Waals surface area contributed by atoms with Gasteiger partial charge in [-0.2, -0.15) is 0 Å². The average molecular weight is 273 g/mol. The maximum Gasteiger partial charge on any atom is 0.221 e. The molecule has 0 atom stereocenters. The zero-order valence-electron chi connectivity index (χ0n) is 11.9. The first kappa shape index (κ1) is 14.0. The molecule has 0 radical (unpaired) electrons. The summed E-state index contributed by atoms with van der Waals surface area (Å²) in [6.07, 6.45) is 2.00. The molecule has 1 heterocycles. The van der Waals surface area contributed by atoms with Gasteiger partial charge in [-0.3, -0.25) is 4.79 Å². The van der Waals surface area contributed by atoms with E-state index in [4.69, 9.17) is 4.74 Å². The summed E-state index contributed by atoms with van der Waals surface area (Å²) in [5, 5.41) is 6.09. The van der Waals surface area contributed by atoms with Gasteiger partial charge in [0.1, 0.15) is 5.75 Å². The maximum absolute atomic E-state index is 11.1. The predicted octanol–water partition coefficient (Wildman–Crippen LogP) is 2.60. The first-order chi connectivity index (χ1) is 9.60. The highest BCUT2D eigenvalue weighted by molar-refractivity contribution is 5.89. The first-order valence-electron chi connectivity index (χ1n) is 6.40. The van der Waals surface area contributed by atoms with Crippen molar-refractivity contribution in [2.75, 3.05) is 17.7 Å². The van der Waals surface area contributed by atoms with Crippen molar-refractivity contribution in [3.05, 3.63) is 42.2 Å². The number of aromatic nitrogens is 1. The van der Waals surface area contributed by atoms with E-state index in [0.717, 1.165) is 22.8 Å². The summed E-state index contributed by atoms with van der Waals surface area (Å²) in [5.74, 6) is 0.650. The third kappa shape index (κ3) is 3.32. The third-order valence-electron chi connectivity index (χ3n) is 3.03. The molecule has 5 nitrogen and oxygen atoms in total. The Hall–Kier alpha value is -2.43. The second-order valence-electron chi connectivity index (χ2n) is 4.56. The van der Waals surface area contributed by atoms with Crippen molar-refractivity contribution in [1.82, 2.24) is 4.57 Å². The highest BCUT2D eigenvalue weighted by Crippen LogP contribution is 2.28. The van der Waals surface area contributed by atoms with E-state index in [-0.39, 0.29) is 5.91 Å². The van der Waals surface area contributed by atoms with Crippen molar-refractivity contribution in [3.8, 4) is 5.75 Å². The Kier molecular flexibility index (Phi) is 4.30. The van der Waals surface area contributed by atoms with Gasteiger partial charge in [0, 0.05) is 31.5 Å². The molecule has 2 N–H and O–H groups in total. The molecular formula is C15H19N3O2. The van der Waals surface area contributed by atoms with Crippen LogP contribution in [0, 0.1) is 0 Å². The smallest absolute Gasteiger partial charge is 0.221 e. The average Bonchev–Trinajstić information content (AvgIpc) is 2.81. The second kappa shape index (κ2) is 6.14. The van der Waals surface area contributed by atoms with Crippen LogP contribution in [0.4, 0.5) is 11.4 Å². The molecule has 2 rings (SSSR count). The number of aryl methyl sites for hydroxylation is 1. The number of hydrogen-bond donors (Lipinski definition) is 2. The molecule has 0 spiro atoms. The molecule has 1 aromatic heterocycles. The van der Waals surface area contributed by atoms with Gasteiger partial charge in [0.25, 0.3) is 0 Å². The fourth-order valence-corrected chi connectivity index (χ4v) is 1.99. The quantitative estimate of drug-likeness (QED) is 0.880. The van der Waals surface area contributed by atoms with Gasteiger partial charge in [-0.25, -0.2) is 0 Å². The number of methoxy groups -OCH3 is 1. The van der Waals surface area contributed by atoms with Gasteiger partial charge in [0.2, 0.25) is 5.91 Å². The van der Waals surface area contributed by atoms with Crippen molar-refractivity contribution in [1.29, 1.82) is 0 Å². The lowest BCUT2D eigenvalue weighted by Crippen LogP contribution is -2.08. The van der Waals surface area contributed by atoms with E-state index >= 15 is 0 Å². The van der Waals surface area contributed by atoms with E-state index < -0.39 is 0 Å². The maximum atomic E-state index is 11.1. The molecule has 0 aliphatic carbocycles. The molecule has 0 saturated carbocycles. The van der Waals surface area contributed by atoms with Gasteiger partial charge in [-0.1, -0.05) is 0 Å². The summed E-state index contributed by atoms with van der Waals surface area (Å²) in [6, 6.07) is 9.56. The molecule has 0 fully saturated rings. The lowest BCUT2D eigenvalue weighted by atomic mass is 10.2. The normalized spacial score (nSPS) is 10.2. The Morgan fingerprint density at radius 1 is 1.35 bits per heavy atom. The lowest BCUT2D eigenvalue weighted by Gasteiger charge is -2.13. The molecule has 5 heteroatoms. The number of carbonyl (C=O) groups excluding carboxylic acids is 1. The number of nitrogens with zero attached hydrogens (tertiary/aromatic N) is 1. The van der Waals surface area contributed by atoms with E-state index in [9.17, 15) is 4.79 Å². The van der Waals surface area contributed by atoms with Gasteiger partial charge in [0.05, 0.1) is 19.3 Å². The van der Waals surface area contributed by atoms with Gasteiger partial charge < -0.3 is 19.9 Å². The monoisotopic (exact) mass is 273 g/mol. The summed E-state index contributed by atoms with van der Waals surface area (Å²) in [4.78, 5) is 11.1. The Bertz CT molecular complexity index is 605. The number of carbonyl (C=O) groups is 1.